The predicted octanol–water partition coefficient (Wildman–Crippen LogP) is 4.22. The van der Waals surface area contributed by atoms with E-state index in [1.807, 2.05) is 50.2 Å². The Kier molecular flexibility index (Phi) is 5.05. The fourth-order valence-corrected chi connectivity index (χ4v) is 3.89. The summed E-state index contributed by atoms with van der Waals surface area (Å²) in [6.45, 7) is 4.69. The van der Waals surface area contributed by atoms with Crippen LogP contribution in [0, 0.1) is 13.8 Å². The van der Waals surface area contributed by atoms with Crippen LogP contribution in [0.15, 0.2) is 42.5 Å². The second-order valence-corrected chi connectivity index (χ2v) is 7.37. The van der Waals surface area contributed by atoms with Crippen molar-refractivity contribution in [1.82, 2.24) is 4.90 Å². The van der Waals surface area contributed by atoms with Gasteiger partial charge >= 0.3 is 5.97 Å². The van der Waals surface area contributed by atoms with Gasteiger partial charge in [0.15, 0.2) is 0 Å². The van der Waals surface area contributed by atoms with E-state index in [1.54, 1.807) is 11.0 Å². The largest absolute Gasteiger partial charge is 0.481 e. The number of hydrogen-bond acceptors (Lipinski definition) is 2. The number of amides is 1. The van der Waals surface area contributed by atoms with Crippen molar-refractivity contribution in [1.29, 1.82) is 0 Å². The summed E-state index contributed by atoms with van der Waals surface area (Å²) in [7, 11) is 0. The maximum absolute atomic E-state index is 12.9. The lowest BCUT2D eigenvalue weighted by molar-refractivity contribution is -0.145. The van der Waals surface area contributed by atoms with Crippen LogP contribution < -0.4 is 0 Å². The van der Waals surface area contributed by atoms with Crippen molar-refractivity contribution in [2.45, 2.75) is 32.1 Å². The third-order valence-electron chi connectivity index (χ3n) is 5.45. The molecule has 0 spiro atoms. The average molecular weight is 372 g/mol. The predicted molar refractivity (Wildman–Crippen MR) is 102 cm³/mol. The molecular weight excluding hydrogens is 350 g/mol. The van der Waals surface area contributed by atoms with Crippen LogP contribution in [-0.2, 0) is 10.2 Å². The van der Waals surface area contributed by atoms with E-state index in [2.05, 4.69) is 0 Å². The molecule has 5 heteroatoms. The number of aliphatic carboxylic acids is 1. The Morgan fingerprint density at radius 1 is 1.04 bits per heavy atom. The Balaban J connectivity index is 1.82. The molecule has 2 aromatic carbocycles. The lowest BCUT2D eigenvalue weighted by Crippen LogP contribution is -2.49. The molecule has 136 valence electrons. The summed E-state index contributed by atoms with van der Waals surface area (Å²) in [5.74, 6) is -0.967. The number of piperidine rings is 1. The van der Waals surface area contributed by atoms with Crippen molar-refractivity contribution in [2.24, 2.45) is 0 Å². The standard InChI is InChI=1S/C21H22ClNO3/c1-14-12-17(18(22)13-15(14)2)19(24)23-10-8-21(9-11-23,20(25)26)16-6-4-3-5-7-16/h3-7,12-13H,8-11H2,1-2H3,(H,25,26). The van der Waals surface area contributed by atoms with E-state index in [4.69, 9.17) is 11.6 Å². The lowest BCUT2D eigenvalue weighted by atomic mass is 9.72. The first kappa shape index (κ1) is 18.5. The van der Waals surface area contributed by atoms with Gasteiger partial charge in [0.25, 0.3) is 5.91 Å². The number of halogens is 1. The fourth-order valence-electron chi connectivity index (χ4n) is 3.59. The summed E-state index contributed by atoms with van der Waals surface area (Å²) in [6.07, 6.45) is 0.779. The molecule has 1 heterocycles. The minimum atomic E-state index is -0.939. The van der Waals surface area contributed by atoms with Gasteiger partial charge < -0.3 is 10.0 Å². The van der Waals surface area contributed by atoms with E-state index in [0.717, 1.165) is 16.7 Å². The van der Waals surface area contributed by atoms with Gasteiger partial charge in [-0.3, -0.25) is 9.59 Å². The van der Waals surface area contributed by atoms with E-state index in [-0.39, 0.29) is 5.91 Å². The third-order valence-corrected chi connectivity index (χ3v) is 5.77. The van der Waals surface area contributed by atoms with Crippen molar-refractivity contribution in [3.05, 3.63) is 69.7 Å². The molecule has 1 aliphatic rings. The van der Waals surface area contributed by atoms with Crippen LogP contribution in [-0.4, -0.2) is 35.0 Å². The Morgan fingerprint density at radius 2 is 1.62 bits per heavy atom. The van der Waals surface area contributed by atoms with Gasteiger partial charge in [-0.15, -0.1) is 0 Å². The zero-order chi connectivity index (χ0) is 18.9. The number of benzene rings is 2. The molecule has 3 rings (SSSR count). The second-order valence-electron chi connectivity index (χ2n) is 6.96. The zero-order valence-electron chi connectivity index (χ0n) is 15.0. The summed E-state index contributed by atoms with van der Waals surface area (Å²) in [6, 6.07) is 12.9. The molecule has 0 saturated carbocycles. The number of aryl methyl sites for hydroxylation is 2. The molecule has 1 fully saturated rings. The fraction of sp³-hybridized carbons (Fsp3) is 0.333. The molecule has 26 heavy (non-hydrogen) atoms. The number of carbonyl (C=O) groups is 2. The second kappa shape index (κ2) is 7.12. The van der Waals surface area contributed by atoms with Crippen LogP contribution >= 0.6 is 11.6 Å². The number of likely N-dealkylation sites (tertiary alicyclic amines) is 1. The van der Waals surface area contributed by atoms with Gasteiger partial charge in [0.2, 0.25) is 0 Å². The summed E-state index contributed by atoms with van der Waals surface area (Å²) in [5.41, 5.74) is 2.39. The maximum atomic E-state index is 12.9. The van der Waals surface area contributed by atoms with Gasteiger partial charge in [0.05, 0.1) is 16.0 Å². The van der Waals surface area contributed by atoms with Crippen LogP contribution in [0.25, 0.3) is 0 Å². The molecule has 0 unspecified atom stereocenters. The molecule has 0 atom stereocenters. The van der Waals surface area contributed by atoms with Crippen molar-refractivity contribution in [2.75, 3.05) is 13.1 Å². The molecule has 1 aliphatic heterocycles. The lowest BCUT2D eigenvalue weighted by Gasteiger charge is -2.39. The van der Waals surface area contributed by atoms with Crippen LogP contribution in [0.1, 0.15) is 39.9 Å². The van der Waals surface area contributed by atoms with Crippen molar-refractivity contribution in [3.63, 3.8) is 0 Å². The van der Waals surface area contributed by atoms with Crippen LogP contribution in [0.2, 0.25) is 5.02 Å². The molecule has 1 amide bonds. The monoisotopic (exact) mass is 371 g/mol. The smallest absolute Gasteiger partial charge is 0.314 e. The molecule has 0 radical (unpaired) electrons. The Hall–Kier alpha value is -2.33. The molecule has 2 aromatic rings. The van der Waals surface area contributed by atoms with Gasteiger partial charge in [-0.2, -0.15) is 0 Å². The number of carbonyl (C=O) groups excluding carboxylic acids is 1. The van der Waals surface area contributed by atoms with Gasteiger partial charge in [0.1, 0.15) is 0 Å². The number of hydrogen-bond donors (Lipinski definition) is 1. The molecule has 0 bridgehead atoms. The zero-order valence-corrected chi connectivity index (χ0v) is 15.7. The number of carboxylic acids is 1. The van der Waals surface area contributed by atoms with Gasteiger partial charge in [0, 0.05) is 13.1 Å². The number of rotatable bonds is 3. The third kappa shape index (κ3) is 3.21. The first-order valence-electron chi connectivity index (χ1n) is 8.70. The number of nitrogens with zero attached hydrogens (tertiary/aromatic N) is 1. The van der Waals surface area contributed by atoms with E-state index in [9.17, 15) is 14.7 Å². The van der Waals surface area contributed by atoms with Crippen molar-refractivity contribution >= 4 is 23.5 Å². The van der Waals surface area contributed by atoms with E-state index >= 15 is 0 Å². The van der Waals surface area contributed by atoms with Crippen LogP contribution in [0.3, 0.4) is 0 Å². The Labute approximate surface area is 158 Å². The van der Waals surface area contributed by atoms with E-state index < -0.39 is 11.4 Å². The van der Waals surface area contributed by atoms with Crippen molar-refractivity contribution < 1.29 is 14.7 Å². The van der Waals surface area contributed by atoms with E-state index in [0.29, 0.717) is 36.5 Å². The summed E-state index contributed by atoms with van der Waals surface area (Å²) in [4.78, 5) is 26.6. The molecule has 4 nitrogen and oxygen atoms in total. The molecule has 0 aliphatic carbocycles. The highest BCUT2D eigenvalue weighted by Crippen LogP contribution is 2.36. The maximum Gasteiger partial charge on any atom is 0.314 e. The summed E-state index contributed by atoms with van der Waals surface area (Å²) < 4.78 is 0. The SMILES string of the molecule is Cc1cc(Cl)c(C(=O)N2CCC(C(=O)O)(c3ccccc3)CC2)cc1C. The molecule has 1 N–H and O–H groups in total. The highest BCUT2D eigenvalue weighted by atomic mass is 35.5. The first-order valence-corrected chi connectivity index (χ1v) is 9.08. The molecular formula is C21H22ClNO3. The Morgan fingerprint density at radius 3 is 2.19 bits per heavy atom. The topological polar surface area (TPSA) is 57.6 Å². The summed E-state index contributed by atoms with van der Waals surface area (Å²) >= 11 is 6.28. The van der Waals surface area contributed by atoms with Crippen LogP contribution in [0.5, 0.6) is 0 Å². The average Bonchev–Trinajstić information content (AvgIpc) is 2.65. The van der Waals surface area contributed by atoms with Gasteiger partial charge in [-0.1, -0.05) is 41.9 Å². The van der Waals surface area contributed by atoms with E-state index in [1.165, 1.54) is 0 Å². The highest BCUT2D eigenvalue weighted by molar-refractivity contribution is 6.34. The highest BCUT2D eigenvalue weighted by Gasteiger charge is 2.44. The van der Waals surface area contributed by atoms with Gasteiger partial charge in [-0.05, 0) is 55.5 Å². The molecule has 1 saturated heterocycles. The minimum Gasteiger partial charge on any atom is -0.481 e. The number of carboxylic acid groups (broad SMARTS) is 1. The molecule has 0 aromatic heterocycles. The summed E-state index contributed by atoms with van der Waals surface area (Å²) in [5, 5.41) is 10.3. The minimum absolute atomic E-state index is 0.134. The normalized spacial score (nSPS) is 16.3. The van der Waals surface area contributed by atoms with Crippen LogP contribution in [0.4, 0.5) is 0 Å². The first-order chi connectivity index (χ1) is 12.3. The van der Waals surface area contributed by atoms with Crippen molar-refractivity contribution in [3.8, 4) is 0 Å². The van der Waals surface area contributed by atoms with Gasteiger partial charge in [-0.25, -0.2) is 0 Å². The Bertz CT molecular complexity index is 840. The quantitative estimate of drug-likeness (QED) is 0.878.